The van der Waals surface area contributed by atoms with Gasteiger partial charge >= 0.3 is 5.97 Å². The molecule has 2 aromatic rings. The zero-order valence-electron chi connectivity index (χ0n) is 10.6. The molecule has 1 saturated heterocycles. The van der Waals surface area contributed by atoms with Crippen molar-refractivity contribution in [3.63, 3.8) is 0 Å². The van der Waals surface area contributed by atoms with Crippen LogP contribution < -0.4 is 4.90 Å². The molecule has 0 amide bonds. The van der Waals surface area contributed by atoms with E-state index in [4.69, 9.17) is 0 Å². The molecule has 1 unspecified atom stereocenters. The average Bonchev–Trinajstić information content (AvgIpc) is 2.82. The van der Waals surface area contributed by atoms with Gasteiger partial charge in [0.25, 0.3) is 0 Å². The highest BCUT2D eigenvalue weighted by Gasteiger charge is 2.30. The molecule has 5 nitrogen and oxygen atoms in total. The maximum atomic E-state index is 11.2. The van der Waals surface area contributed by atoms with E-state index in [2.05, 4.69) is 9.88 Å². The van der Waals surface area contributed by atoms with Crippen LogP contribution in [0.25, 0.3) is 10.2 Å². The van der Waals surface area contributed by atoms with Crippen molar-refractivity contribution in [2.75, 3.05) is 31.6 Å². The fraction of sp³-hybridized carbons (Fsp3) is 0.385. The van der Waals surface area contributed by atoms with E-state index in [0.29, 0.717) is 6.54 Å². The number of carbonyl (C=O) groups is 1. The number of nitrogens with zero attached hydrogens (tertiary/aromatic N) is 3. The van der Waals surface area contributed by atoms with Crippen molar-refractivity contribution in [3.05, 3.63) is 24.3 Å². The Labute approximate surface area is 115 Å². The van der Waals surface area contributed by atoms with Gasteiger partial charge in [0.05, 0.1) is 10.2 Å². The maximum Gasteiger partial charge on any atom is 0.322 e. The van der Waals surface area contributed by atoms with E-state index in [9.17, 15) is 9.90 Å². The molecule has 1 aliphatic rings. The van der Waals surface area contributed by atoms with Gasteiger partial charge in [-0.1, -0.05) is 23.5 Å². The smallest absolute Gasteiger partial charge is 0.322 e. The molecule has 1 atom stereocenters. The summed E-state index contributed by atoms with van der Waals surface area (Å²) in [6.07, 6.45) is 0. The van der Waals surface area contributed by atoms with Crippen molar-refractivity contribution in [2.45, 2.75) is 6.04 Å². The highest BCUT2D eigenvalue weighted by molar-refractivity contribution is 7.22. The number of likely N-dealkylation sites (N-methyl/N-ethyl adjacent to an activating group) is 1. The molecule has 0 bridgehead atoms. The first-order valence-electron chi connectivity index (χ1n) is 6.19. The van der Waals surface area contributed by atoms with Gasteiger partial charge in [-0.3, -0.25) is 9.69 Å². The summed E-state index contributed by atoms with van der Waals surface area (Å²) < 4.78 is 1.14. The molecule has 0 radical (unpaired) electrons. The first kappa shape index (κ1) is 12.4. The van der Waals surface area contributed by atoms with Gasteiger partial charge in [-0.15, -0.1) is 0 Å². The molecule has 1 aromatic heterocycles. The standard InChI is InChI=1S/C13H15N3O2S/c1-15-6-7-16(8-10(15)12(17)18)13-14-9-4-2-3-5-11(9)19-13/h2-5,10H,6-8H2,1H3,(H,17,18). The molecule has 1 aromatic carbocycles. The van der Waals surface area contributed by atoms with Crippen LogP contribution in [0.3, 0.4) is 0 Å². The van der Waals surface area contributed by atoms with Crippen LogP contribution in [-0.4, -0.2) is 53.7 Å². The lowest BCUT2D eigenvalue weighted by Gasteiger charge is -2.36. The Hall–Kier alpha value is -1.66. The molecule has 0 spiro atoms. The Morgan fingerprint density at radius 3 is 2.95 bits per heavy atom. The first-order chi connectivity index (χ1) is 9.15. The van der Waals surface area contributed by atoms with Crippen LogP contribution >= 0.6 is 11.3 Å². The van der Waals surface area contributed by atoms with Crippen molar-refractivity contribution < 1.29 is 9.90 Å². The van der Waals surface area contributed by atoms with E-state index >= 15 is 0 Å². The summed E-state index contributed by atoms with van der Waals surface area (Å²) in [5.74, 6) is -0.770. The molecule has 19 heavy (non-hydrogen) atoms. The Kier molecular flexibility index (Phi) is 3.12. The van der Waals surface area contributed by atoms with E-state index in [1.807, 2.05) is 36.2 Å². The number of fused-ring (bicyclic) bond motifs is 1. The van der Waals surface area contributed by atoms with E-state index < -0.39 is 12.0 Å². The summed E-state index contributed by atoms with van der Waals surface area (Å²) in [5.41, 5.74) is 0.980. The summed E-state index contributed by atoms with van der Waals surface area (Å²) >= 11 is 1.62. The number of rotatable bonds is 2. The molecular formula is C13H15N3O2S. The molecule has 1 N–H and O–H groups in total. The van der Waals surface area contributed by atoms with Crippen LogP contribution in [0.5, 0.6) is 0 Å². The van der Waals surface area contributed by atoms with Crippen LogP contribution in [0.15, 0.2) is 24.3 Å². The molecule has 3 rings (SSSR count). The second-order valence-corrected chi connectivity index (χ2v) is 5.75. The number of benzene rings is 1. The third kappa shape index (κ3) is 2.29. The predicted octanol–water partition coefficient (Wildman–Crippen LogP) is 1.50. The highest BCUT2D eigenvalue weighted by Crippen LogP contribution is 2.29. The minimum atomic E-state index is -0.770. The number of aliphatic carboxylic acids is 1. The summed E-state index contributed by atoms with van der Waals surface area (Å²) in [6, 6.07) is 7.53. The number of piperazine rings is 1. The number of para-hydroxylation sites is 1. The molecule has 100 valence electrons. The van der Waals surface area contributed by atoms with Crippen molar-refractivity contribution in [1.29, 1.82) is 0 Å². The van der Waals surface area contributed by atoms with E-state index in [-0.39, 0.29) is 0 Å². The van der Waals surface area contributed by atoms with Crippen LogP contribution in [0.2, 0.25) is 0 Å². The van der Waals surface area contributed by atoms with Gasteiger partial charge in [0, 0.05) is 19.6 Å². The zero-order chi connectivity index (χ0) is 13.4. The van der Waals surface area contributed by atoms with E-state index in [1.54, 1.807) is 11.3 Å². The first-order valence-corrected chi connectivity index (χ1v) is 7.00. The lowest BCUT2D eigenvalue weighted by atomic mass is 10.2. The fourth-order valence-corrected chi connectivity index (χ4v) is 3.31. The molecule has 6 heteroatoms. The summed E-state index contributed by atoms with van der Waals surface area (Å²) in [5, 5.41) is 10.1. The number of carboxylic acids is 1. The van der Waals surface area contributed by atoms with Gasteiger partial charge in [0.2, 0.25) is 0 Å². The second-order valence-electron chi connectivity index (χ2n) is 4.74. The van der Waals surface area contributed by atoms with Crippen LogP contribution in [0.4, 0.5) is 5.13 Å². The van der Waals surface area contributed by atoms with Gasteiger partial charge in [-0.25, -0.2) is 4.98 Å². The molecule has 2 heterocycles. The number of carboxylic acid groups (broad SMARTS) is 1. The number of hydrogen-bond donors (Lipinski definition) is 1. The van der Waals surface area contributed by atoms with Gasteiger partial charge < -0.3 is 10.0 Å². The Morgan fingerprint density at radius 1 is 1.42 bits per heavy atom. The minimum Gasteiger partial charge on any atom is -0.480 e. The van der Waals surface area contributed by atoms with Crippen molar-refractivity contribution in [1.82, 2.24) is 9.88 Å². The van der Waals surface area contributed by atoms with Gasteiger partial charge in [0.15, 0.2) is 5.13 Å². The number of hydrogen-bond acceptors (Lipinski definition) is 5. The Bertz CT molecular complexity index is 580. The van der Waals surface area contributed by atoms with Crippen molar-refractivity contribution in [2.24, 2.45) is 0 Å². The summed E-state index contributed by atoms with van der Waals surface area (Å²) in [6.45, 7) is 2.05. The third-order valence-electron chi connectivity index (χ3n) is 3.49. The number of anilines is 1. The fourth-order valence-electron chi connectivity index (χ4n) is 2.31. The van der Waals surface area contributed by atoms with Crippen LogP contribution in [0.1, 0.15) is 0 Å². The SMILES string of the molecule is CN1CCN(c2nc3ccccc3s2)CC1C(=O)O. The quantitative estimate of drug-likeness (QED) is 0.901. The minimum absolute atomic E-state index is 0.458. The summed E-state index contributed by atoms with van der Waals surface area (Å²) in [7, 11) is 1.86. The normalized spacial score (nSPS) is 20.9. The summed E-state index contributed by atoms with van der Waals surface area (Å²) in [4.78, 5) is 19.8. The molecular weight excluding hydrogens is 262 g/mol. The lowest BCUT2D eigenvalue weighted by molar-refractivity contribution is -0.142. The second kappa shape index (κ2) is 4.79. The zero-order valence-corrected chi connectivity index (χ0v) is 11.4. The number of thiazole rings is 1. The van der Waals surface area contributed by atoms with Gasteiger partial charge in [-0.05, 0) is 19.2 Å². The molecule has 1 fully saturated rings. The van der Waals surface area contributed by atoms with Crippen molar-refractivity contribution in [3.8, 4) is 0 Å². The van der Waals surface area contributed by atoms with Crippen LogP contribution in [0, 0.1) is 0 Å². The Morgan fingerprint density at radius 2 is 2.21 bits per heavy atom. The monoisotopic (exact) mass is 277 g/mol. The third-order valence-corrected chi connectivity index (χ3v) is 4.58. The van der Waals surface area contributed by atoms with E-state index in [1.165, 1.54) is 0 Å². The average molecular weight is 277 g/mol. The van der Waals surface area contributed by atoms with Gasteiger partial charge in [-0.2, -0.15) is 0 Å². The largest absolute Gasteiger partial charge is 0.480 e. The lowest BCUT2D eigenvalue weighted by Crippen LogP contribution is -2.54. The van der Waals surface area contributed by atoms with Crippen LogP contribution in [-0.2, 0) is 4.79 Å². The molecule has 0 aliphatic carbocycles. The predicted molar refractivity (Wildman–Crippen MR) is 75.9 cm³/mol. The number of aromatic nitrogens is 1. The topological polar surface area (TPSA) is 56.7 Å². The van der Waals surface area contributed by atoms with Gasteiger partial charge in [0.1, 0.15) is 6.04 Å². The van der Waals surface area contributed by atoms with E-state index in [0.717, 1.165) is 28.4 Å². The molecule has 0 saturated carbocycles. The Balaban J connectivity index is 1.87. The molecule has 1 aliphatic heterocycles. The van der Waals surface area contributed by atoms with Crippen molar-refractivity contribution >= 4 is 32.7 Å². The maximum absolute atomic E-state index is 11.2. The highest BCUT2D eigenvalue weighted by atomic mass is 32.1.